The van der Waals surface area contributed by atoms with E-state index in [-0.39, 0.29) is 5.31 Å². The van der Waals surface area contributed by atoms with Gasteiger partial charge in [0.05, 0.1) is 11.3 Å². The molecule has 0 saturated carbocycles. The molecule has 142 valence electrons. The van der Waals surface area contributed by atoms with Crippen molar-refractivity contribution in [3.05, 3.63) is 59.8 Å². The average Bonchev–Trinajstić information content (AvgIpc) is 3.15. The monoisotopic (exact) mass is 380 g/mol. The standard InChI is InChI=1S/C19H25B5N4O/c20-13-15(21)19(24,18(23)26-16(13)22)10-4-6-11(7-5-10)28-8-9-2-1-3-12(17(25)29)14(9)27-28/h1-8,13,15-16,18,26H,20-24H2,(H2,25,29). The van der Waals surface area contributed by atoms with Crippen molar-refractivity contribution in [3.8, 4) is 5.69 Å². The molecule has 4 rings (SSSR count). The molecule has 0 spiro atoms. The molecule has 2 aromatic carbocycles. The second-order valence-electron chi connectivity index (χ2n) is 8.84. The van der Waals surface area contributed by atoms with Gasteiger partial charge in [0.2, 0.25) is 0 Å². The molecule has 5 atom stereocenters. The number of carbonyl (C=O) groups is 1. The Kier molecular flexibility index (Phi) is 4.93. The Bertz CT molecular complexity index is 1070. The molecule has 1 aromatic heterocycles. The van der Waals surface area contributed by atoms with Crippen LogP contribution in [0.5, 0.6) is 0 Å². The van der Waals surface area contributed by atoms with Crippen LogP contribution in [0.1, 0.15) is 15.9 Å². The van der Waals surface area contributed by atoms with Gasteiger partial charge in [-0.3, -0.25) is 4.79 Å². The fraction of sp³-hybridized carbons (Fsp3) is 0.263. The summed E-state index contributed by atoms with van der Waals surface area (Å²) in [6, 6.07) is 14.1. The Morgan fingerprint density at radius 2 is 1.79 bits per heavy atom. The number of nitrogens with two attached hydrogens (primary N) is 1. The van der Waals surface area contributed by atoms with Crippen molar-refractivity contribution < 1.29 is 4.79 Å². The maximum atomic E-state index is 11.7. The molecule has 0 bridgehead atoms. The van der Waals surface area contributed by atoms with Crippen molar-refractivity contribution in [3.63, 3.8) is 0 Å². The molecule has 5 unspecified atom stereocenters. The molecule has 5 nitrogen and oxygen atoms in total. The summed E-state index contributed by atoms with van der Waals surface area (Å²) in [6.45, 7) is 0. The molecule has 0 aliphatic carbocycles. The molecule has 29 heavy (non-hydrogen) atoms. The van der Waals surface area contributed by atoms with Crippen LogP contribution in [0, 0.1) is 0 Å². The van der Waals surface area contributed by atoms with Gasteiger partial charge in [-0.25, -0.2) is 4.68 Å². The Hall–Kier alpha value is -2.34. The molecule has 1 amide bonds. The van der Waals surface area contributed by atoms with E-state index in [2.05, 4.69) is 73.9 Å². The SMILES string of the molecule is BC1NC(B)C(B)(c2ccc(-n3cc4cccc(C(N)=O)c4n3)cc2)C(B)C1B. The van der Waals surface area contributed by atoms with Crippen LogP contribution in [-0.4, -0.2) is 66.8 Å². The molecular formula is C19H25B5N4O. The highest BCUT2D eigenvalue weighted by Crippen LogP contribution is 2.44. The van der Waals surface area contributed by atoms with Crippen molar-refractivity contribution in [2.45, 2.75) is 28.8 Å². The maximum Gasteiger partial charge on any atom is 0.250 e. The molecule has 3 N–H and O–H groups in total. The molecule has 10 heteroatoms. The zero-order valence-electron chi connectivity index (χ0n) is 17.8. The average molecular weight is 379 g/mol. The maximum absolute atomic E-state index is 11.7. The van der Waals surface area contributed by atoms with E-state index >= 15 is 0 Å². The first kappa shape index (κ1) is 20.0. The Balaban J connectivity index is 1.71. The van der Waals surface area contributed by atoms with E-state index in [1.54, 1.807) is 6.07 Å². The highest BCUT2D eigenvalue weighted by Gasteiger charge is 2.45. The van der Waals surface area contributed by atoms with Crippen LogP contribution in [0.15, 0.2) is 48.7 Å². The van der Waals surface area contributed by atoms with E-state index in [4.69, 9.17) is 5.73 Å². The van der Waals surface area contributed by atoms with Crippen LogP contribution < -0.4 is 11.1 Å². The van der Waals surface area contributed by atoms with Crippen LogP contribution in [0.2, 0.25) is 11.6 Å². The highest BCUT2D eigenvalue weighted by molar-refractivity contribution is 6.34. The zero-order chi connectivity index (χ0) is 20.9. The predicted octanol–water partition coefficient (Wildman–Crippen LogP) is -2.68. The number of rotatable bonds is 3. The summed E-state index contributed by atoms with van der Waals surface area (Å²) in [5, 5.41) is 9.34. The highest BCUT2D eigenvalue weighted by atomic mass is 16.1. The number of hydrogen-bond acceptors (Lipinski definition) is 3. The third-order valence-electron chi connectivity index (χ3n) is 7.49. The molecule has 1 saturated heterocycles. The minimum atomic E-state index is -0.458. The summed E-state index contributed by atoms with van der Waals surface area (Å²) < 4.78 is 1.82. The van der Waals surface area contributed by atoms with Gasteiger partial charge in [0.25, 0.3) is 5.91 Å². The largest absolute Gasteiger partial charge is 0.366 e. The number of piperidine rings is 1. The van der Waals surface area contributed by atoms with Gasteiger partial charge in [-0.1, -0.05) is 35.9 Å². The normalized spacial score (nSPS) is 29.7. The number of hydrogen-bond donors (Lipinski definition) is 2. The fourth-order valence-electron chi connectivity index (χ4n) is 4.96. The smallest absolute Gasteiger partial charge is 0.250 e. The van der Waals surface area contributed by atoms with Crippen molar-refractivity contribution in [2.75, 3.05) is 0 Å². The molecule has 1 fully saturated rings. The number of amides is 1. The van der Waals surface area contributed by atoms with Gasteiger partial charge in [-0.2, -0.15) is 5.10 Å². The summed E-state index contributed by atoms with van der Waals surface area (Å²) in [5.41, 5.74) is 8.89. The minimum Gasteiger partial charge on any atom is -0.366 e. The topological polar surface area (TPSA) is 72.9 Å². The Morgan fingerprint density at radius 3 is 2.45 bits per heavy atom. The number of nitrogens with zero attached hydrogens (tertiary/aromatic N) is 2. The van der Waals surface area contributed by atoms with E-state index in [1.165, 1.54) is 5.56 Å². The van der Waals surface area contributed by atoms with Crippen LogP contribution in [0.3, 0.4) is 0 Å². The molecule has 3 aromatic rings. The lowest BCUT2D eigenvalue weighted by molar-refractivity contribution is 0.100. The second kappa shape index (κ2) is 7.17. The lowest BCUT2D eigenvalue weighted by Crippen LogP contribution is -2.62. The third kappa shape index (κ3) is 3.14. The summed E-state index contributed by atoms with van der Waals surface area (Å²) >= 11 is 0. The summed E-state index contributed by atoms with van der Waals surface area (Å²) in [5.74, 6) is 1.60. The second-order valence-corrected chi connectivity index (χ2v) is 8.84. The van der Waals surface area contributed by atoms with Gasteiger partial charge in [0.1, 0.15) is 44.7 Å². The van der Waals surface area contributed by atoms with Crippen LogP contribution >= 0.6 is 0 Å². The van der Waals surface area contributed by atoms with E-state index < -0.39 is 5.91 Å². The quantitative estimate of drug-likeness (QED) is 0.487. The summed E-state index contributed by atoms with van der Waals surface area (Å²) in [4.78, 5) is 11.7. The molecule has 1 aliphatic heterocycles. The van der Waals surface area contributed by atoms with Gasteiger partial charge < -0.3 is 11.1 Å². The van der Waals surface area contributed by atoms with Crippen LogP contribution in [0.25, 0.3) is 16.6 Å². The number of aromatic nitrogens is 2. The Morgan fingerprint density at radius 1 is 1.10 bits per heavy atom. The van der Waals surface area contributed by atoms with Crippen molar-refractivity contribution >= 4 is 56.0 Å². The minimum absolute atomic E-state index is 0.0540. The van der Waals surface area contributed by atoms with Crippen molar-refractivity contribution in [1.82, 2.24) is 15.1 Å². The van der Waals surface area contributed by atoms with E-state index in [9.17, 15) is 4.79 Å². The van der Waals surface area contributed by atoms with E-state index in [1.807, 2.05) is 23.0 Å². The first-order valence-electron chi connectivity index (χ1n) is 10.4. The Labute approximate surface area is 176 Å². The van der Waals surface area contributed by atoms with Crippen LogP contribution in [-0.2, 0) is 5.31 Å². The lowest BCUT2D eigenvalue weighted by Gasteiger charge is -2.53. The lowest BCUT2D eigenvalue weighted by atomic mass is 9.36. The number of carbonyl (C=O) groups excluding carboxylic acids is 1. The van der Waals surface area contributed by atoms with Crippen molar-refractivity contribution in [2.24, 2.45) is 5.73 Å². The van der Waals surface area contributed by atoms with Crippen LogP contribution in [0.4, 0.5) is 0 Å². The molecule has 2 heterocycles. The third-order valence-corrected chi connectivity index (χ3v) is 7.49. The van der Waals surface area contributed by atoms with Gasteiger partial charge in [-0.05, 0) is 41.0 Å². The number of primary amides is 1. The first-order chi connectivity index (χ1) is 13.7. The van der Waals surface area contributed by atoms with Gasteiger partial charge in [-0.15, -0.1) is 0 Å². The predicted molar refractivity (Wildman–Crippen MR) is 132 cm³/mol. The molecular weight excluding hydrogens is 354 g/mol. The zero-order valence-corrected chi connectivity index (χ0v) is 17.8. The number of fused-ring (bicyclic) bond motifs is 1. The molecule has 1 aliphatic rings. The van der Waals surface area contributed by atoms with Crippen molar-refractivity contribution in [1.29, 1.82) is 0 Å². The first-order valence-corrected chi connectivity index (χ1v) is 10.4. The van der Waals surface area contributed by atoms with Gasteiger partial charge in [0.15, 0.2) is 0 Å². The number of nitrogens with one attached hydrogen (secondary N) is 1. The fourth-order valence-corrected chi connectivity index (χ4v) is 4.96. The summed E-state index contributed by atoms with van der Waals surface area (Å²) in [7, 11) is 11.7. The van der Waals surface area contributed by atoms with E-state index in [0.717, 1.165) is 11.1 Å². The number of benzene rings is 2. The summed E-state index contributed by atoms with van der Waals surface area (Å²) in [6.07, 6.45) is 1.94. The van der Waals surface area contributed by atoms with Gasteiger partial charge in [0, 0.05) is 11.6 Å². The molecule has 0 radical (unpaired) electrons. The van der Waals surface area contributed by atoms with E-state index in [0.29, 0.717) is 34.6 Å². The van der Waals surface area contributed by atoms with Gasteiger partial charge >= 0.3 is 0 Å².